The second-order valence-electron chi connectivity index (χ2n) is 8.08. The highest BCUT2D eigenvalue weighted by atomic mass is 31.3. The molecule has 2 saturated heterocycles. The molecule has 0 spiro atoms. The fourth-order valence-electron chi connectivity index (χ4n) is 3.51. The Balaban J connectivity index is 1.59. The van der Waals surface area contributed by atoms with Crippen LogP contribution in [-0.4, -0.2) is 95.8 Å². The van der Waals surface area contributed by atoms with Gasteiger partial charge in [0.2, 0.25) is 0 Å². The van der Waals surface area contributed by atoms with Crippen LogP contribution in [0, 0.1) is 6.92 Å². The molecule has 1 aromatic heterocycles. The number of nitrogens with zero attached hydrogens (tertiary/aromatic N) is 1. The predicted octanol–water partition coefficient (Wildman–Crippen LogP) is -3.49. The zero-order valence-electron chi connectivity index (χ0n) is 18.6. The van der Waals surface area contributed by atoms with Crippen molar-refractivity contribution >= 4 is 15.6 Å². The Bertz CT molecular complexity index is 1140. The number of aromatic amines is 1. The third-order valence-corrected chi connectivity index (χ3v) is 8.01. The van der Waals surface area contributed by atoms with Crippen molar-refractivity contribution in [3.05, 3.63) is 32.6 Å². The minimum Gasteiger partial charge on any atom is -0.390 e. The fraction of sp³-hybridized carbons (Fsp3) is 0.750. The first-order chi connectivity index (χ1) is 16.6. The van der Waals surface area contributed by atoms with Crippen molar-refractivity contribution in [1.29, 1.82) is 0 Å². The highest BCUT2D eigenvalue weighted by molar-refractivity contribution is 7.61. The monoisotopic (exact) mass is 563 g/mol. The van der Waals surface area contributed by atoms with Gasteiger partial charge in [-0.15, -0.1) is 0 Å². The summed E-state index contributed by atoms with van der Waals surface area (Å²) in [5.74, 6) is 0. The number of phosphoric acid groups is 2. The van der Waals surface area contributed by atoms with Gasteiger partial charge in [-0.05, 0) is 6.92 Å². The number of aliphatic hydroxyl groups is 4. The summed E-state index contributed by atoms with van der Waals surface area (Å²) in [6.45, 7) is 0.218. The van der Waals surface area contributed by atoms with Crippen LogP contribution in [0.1, 0.15) is 18.2 Å². The Morgan fingerprint density at radius 3 is 2.39 bits per heavy atom. The summed E-state index contributed by atoms with van der Waals surface area (Å²) in [5, 5.41) is 39.6. The minimum absolute atomic E-state index is 0.162. The van der Waals surface area contributed by atoms with Crippen LogP contribution in [-0.2, 0) is 32.0 Å². The average molecular weight is 563 g/mol. The summed E-state index contributed by atoms with van der Waals surface area (Å²) in [7, 11) is -10.9. The zero-order chi connectivity index (χ0) is 27.0. The van der Waals surface area contributed by atoms with E-state index in [1.54, 1.807) is 0 Å². The van der Waals surface area contributed by atoms with E-state index in [4.69, 9.17) is 15.2 Å². The number of aromatic nitrogens is 2. The van der Waals surface area contributed by atoms with Gasteiger partial charge in [-0.2, -0.15) is 4.31 Å². The molecule has 0 aliphatic carbocycles. The number of hydrogen-bond acceptors (Lipinski definition) is 14. The summed E-state index contributed by atoms with van der Waals surface area (Å²) in [4.78, 5) is 45.2. The van der Waals surface area contributed by atoms with E-state index in [2.05, 4.69) is 18.3 Å². The van der Waals surface area contributed by atoms with Crippen molar-refractivity contribution in [2.24, 2.45) is 5.73 Å². The Morgan fingerprint density at radius 2 is 1.75 bits per heavy atom. The molecule has 1 aromatic rings. The minimum atomic E-state index is -5.50. The van der Waals surface area contributed by atoms with Crippen molar-refractivity contribution in [2.75, 3.05) is 13.2 Å². The van der Waals surface area contributed by atoms with E-state index in [1.807, 2.05) is 0 Å². The van der Waals surface area contributed by atoms with Gasteiger partial charge in [0.15, 0.2) is 6.29 Å². The molecular formula is C16H27N3O15P2. The molecule has 2 aliphatic heterocycles. The summed E-state index contributed by atoms with van der Waals surface area (Å²) < 4.78 is 49.1. The van der Waals surface area contributed by atoms with Gasteiger partial charge >= 0.3 is 21.3 Å². The first-order valence-corrected chi connectivity index (χ1v) is 13.4. The number of nitrogens with two attached hydrogens (primary N) is 1. The van der Waals surface area contributed by atoms with Crippen molar-refractivity contribution in [3.63, 3.8) is 0 Å². The molecule has 2 unspecified atom stereocenters. The number of H-pyrrole nitrogens is 1. The molecule has 10 atom stereocenters. The van der Waals surface area contributed by atoms with Crippen LogP contribution < -0.4 is 17.0 Å². The number of rotatable bonds is 9. The number of aliphatic hydroxyl groups excluding tert-OH is 4. The van der Waals surface area contributed by atoms with Gasteiger partial charge in [-0.1, -0.05) is 0 Å². The fourth-order valence-corrected chi connectivity index (χ4v) is 5.66. The van der Waals surface area contributed by atoms with Gasteiger partial charge in [0.1, 0.15) is 36.7 Å². The van der Waals surface area contributed by atoms with E-state index >= 15 is 0 Å². The third-order valence-electron chi connectivity index (χ3n) is 5.41. The zero-order valence-corrected chi connectivity index (χ0v) is 20.4. The first kappa shape index (κ1) is 29.2. The number of hydrogen-bond donors (Lipinski definition) is 8. The molecule has 18 nitrogen and oxygen atoms in total. The lowest BCUT2D eigenvalue weighted by Gasteiger charge is -2.39. The molecule has 20 heteroatoms. The summed E-state index contributed by atoms with van der Waals surface area (Å²) >= 11 is 0. The molecule has 36 heavy (non-hydrogen) atoms. The Labute approximate surface area is 202 Å². The molecule has 0 bridgehead atoms. The molecule has 206 valence electrons. The standard InChI is InChI=1S/C16H27N3O15P2/c1-6-4-19(16(25)18-14(6)24)10-2-7(20)9(31-10)5-30-35(26,27)34-36(28,29)33-15-13(23)12(22)11(21)8(3-17)32-15/h4,7-13,15,20-23H,2-3,5,17H2,1H3,(H,26,27)(H,28,29)(H,18,24,25)/t7-,8+,9+,10+,11+,12-,13+,15+/m0/s1. The topological polar surface area (TPSA) is 283 Å². The van der Waals surface area contributed by atoms with Crippen LogP contribution in [0.2, 0.25) is 0 Å². The number of aryl methyl sites for hydroxylation is 1. The van der Waals surface area contributed by atoms with Crippen molar-refractivity contribution in [3.8, 4) is 0 Å². The molecule has 9 N–H and O–H groups in total. The Hall–Kier alpha value is -1.34. The lowest BCUT2D eigenvalue weighted by Crippen LogP contribution is -2.59. The Kier molecular flexibility index (Phi) is 9.08. The maximum Gasteiger partial charge on any atom is 0.483 e. The first-order valence-electron chi connectivity index (χ1n) is 10.4. The summed E-state index contributed by atoms with van der Waals surface area (Å²) in [6.07, 6.45) is -11.6. The van der Waals surface area contributed by atoms with Crippen LogP contribution in [0.4, 0.5) is 0 Å². The van der Waals surface area contributed by atoms with E-state index in [9.17, 15) is 48.9 Å². The lowest BCUT2D eigenvalue weighted by molar-refractivity contribution is -0.273. The molecule has 0 aromatic carbocycles. The second kappa shape index (κ2) is 11.2. The smallest absolute Gasteiger partial charge is 0.390 e. The molecule has 3 heterocycles. The molecule has 0 saturated carbocycles. The number of phosphoric ester groups is 2. The summed E-state index contributed by atoms with van der Waals surface area (Å²) in [5.41, 5.74) is 4.10. The maximum absolute atomic E-state index is 12.2. The van der Waals surface area contributed by atoms with E-state index in [0.717, 1.165) is 4.57 Å². The van der Waals surface area contributed by atoms with E-state index in [-0.39, 0.29) is 18.5 Å². The molecule has 0 radical (unpaired) electrons. The quantitative estimate of drug-likeness (QED) is 0.135. The van der Waals surface area contributed by atoms with Crippen molar-refractivity contribution in [1.82, 2.24) is 9.55 Å². The second-order valence-corrected chi connectivity index (χ2v) is 11.1. The van der Waals surface area contributed by atoms with Crippen molar-refractivity contribution < 1.29 is 62.2 Å². The molecule has 2 fully saturated rings. The predicted molar refractivity (Wildman–Crippen MR) is 114 cm³/mol. The largest absolute Gasteiger partial charge is 0.483 e. The molecule has 0 amide bonds. The van der Waals surface area contributed by atoms with Crippen LogP contribution in [0.15, 0.2) is 15.8 Å². The van der Waals surface area contributed by atoms with Gasteiger partial charge in [0.05, 0.1) is 12.7 Å². The molecule has 3 rings (SSSR count). The van der Waals surface area contributed by atoms with Crippen LogP contribution in [0.25, 0.3) is 0 Å². The van der Waals surface area contributed by atoms with Gasteiger partial charge in [-0.3, -0.25) is 23.4 Å². The van der Waals surface area contributed by atoms with E-state index < -0.39 is 82.6 Å². The van der Waals surface area contributed by atoms with Crippen LogP contribution in [0.5, 0.6) is 0 Å². The van der Waals surface area contributed by atoms with Gasteiger partial charge in [-0.25, -0.2) is 13.9 Å². The molecular weight excluding hydrogens is 536 g/mol. The number of ether oxygens (including phenoxy) is 2. The summed E-state index contributed by atoms with van der Waals surface area (Å²) in [6, 6.07) is 0. The molecule has 2 aliphatic rings. The maximum atomic E-state index is 12.2. The normalized spacial score (nSPS) is 36.3. The van der Waals surface area contributed by atoms with Crippen LogP contribution >= 0.6 is 15.6 Å². The lowest BCUT2D eigenvalue weighted by atomic mass is 9.99. The van der Waals surface area contributed by atoms with Crippen molar-refractivity contribution in [2.45, 2.75) is 62.5 Å². The van der Waals surface area contributed by atoms with Gasteiger partial charge in [0.25, 0.3) is 5.56 Å². The number of nitrogens with one attached hydrogen (secondary N) is 1. The third kappa shape index (κ3) is 6.75. The van der Waals surface area contributed by atoms with Gasteiger partial charge in [0, 0.05) is 24.7 Å². The Morgan fingerprint density at radius 1 is 1.08 bits per heavy atom. The van der Waals surface area contributed by atoms with E-state index in [1.165, 1.54) is 13.1 Å². The highest BCUT2D eigenvalue weighted by Crippen LogP contribution is 2.61. The van der Waals surface area contributed by atoms with Gasteiger partial charge < -0.3 is 45.4 Å². The van der Waals surface area contributed by atoms with E-state index in [0.29, 0.717) is 0 Å². The SMILES string of the molecule is Cc1cn([C@H]2C[C@H](O)[C@@H](COP(=O)(O)OP(=O)(O)O[C@H]3O[C@H](CN)[C@@H](O)[C@H](O)[C@H]3O)O2)c(=O)[nH]c1=O. The average Bonchev–Trinajstić information content (AvgIpc) is 3.14. The van der Waals surface area contributed by atoms with Crippen LogP contribution in [0.3, 0.4) is 0 Å². The highest BCUT2D eigenvalue weighted by Gasteiger charge is 2.48.